The van der Waals surface area contributed by atoms with Gasteiger partial charge in [0.1, 0.15) is 11.5 Å². The van der Waals surface area contributed by atoms with Gasteiger partial charge < -0.3 is 9.64 Å². The number of pyridine rings is 1. The predicted octanol–water partition coefficient (Wildman–Crippen LogP) is 1.06. The van der Waals surface area contributed by atoms with Gasteiger partial charge in [-0.1, -0.05) is 6.07 Å². The van der Waals surface area contributed by atoms with Crippen LogP contribution >= 0.6 is 0 Å². The smallest absolute Gasteiger partial charge is 0.161 e. The molecule has 1 aliphatic heterocycles. The van der Waals surface area contributed by atoms with Crippen molar-refractivity contribution >= 4 is 11.5 Å². The van der Waals surface area contributed by atoms with E-state index in [1.54, 1.807) is 6.20 Å². The number of hydrogen-bond acceptors (Lipinski definition) is 4. The van der Waals surface area contributed by atoms with E-state index in [2.05, 4.69) is 16.0 Å². The molecule has 0 N–H and O–H groups in total. The van der Waals surface area contributed by atoms with Crippen LogP contribution < -0.4 is 4.90 Å². The van der Waals surface area contributed by atoms with E-state index in [0.29, 0.717) is 13.2 Å². The zero-order valence-electron chi connectivity index (χ0n) is 9.28. The van der Waals surface area contributed by atoms with E-state index in [9.17, 15) is 0 Å². The molecule has 2 aromatic heterocycles. The molecule has 17 heavy (non-hydrogen) atoms. The van der Waals surface area contributed by atoms with Gasteiger partial charge in [0, 0.05) is 18.9 Å². The molecule has 1 atom stereocenters. The second-order valence-electron chi connectivity index (χ2n) is 3.97. The van der Waals surface area contributed by atoms with E-state index in [-0.39, 0.29) is 6.10 Å². The molecule has 86 valence electrons. The number of ether oxygens (including phenoxy) is 1. The third-order valence-electron chi connectivity index (χ3n) is 2.94. The summed E-state index contributed by atoms with van der Waals surface area (Å²) in [6.45, 7) is 1.99. The van der Waals surface area contributed by atoms with Gasteiger partial charge in [0.15, 0.2) is 6.10 Å². The largest absolute Gasteiger partial charge is 0.360 e. The summed E-state index contributed by atoms with van der Waals surface area (Å²) in [4.78, 5) is 6.41. The zero-order chi connectivity index (χ0) is 11.7. The Labute approximate surface area is 98.9 Å². The van der Waals surface area contributed by atoms with Crippen LogP contribution in [-0.2, 0) is 4.74 Å². The van der Waals surface area contributed by atoms with Crippen molar-refractivity contribution < 1.29 is 4.74 Å². The summed E-state index contributed by atoms with van der Waals surface area (Å²) < 4.78 is 7.37. The molecule has 0 bridgehead atoms. The van der Waals surface area contributed by atoms with Gasteiger partial charge in [0.05, 0.1) is 19.2 Å². The number of imidazole rings is 1. The monoisotopic (exact) mass is 228 g/mol. The lowest BCUT2D eigenvalue weighted by Gasteiger charge is -2.31. The van der Waals surface area contributed by atoms with Crippen molar-refractivity contribution in [1.82, 2.24) is 9.38 Å². The van der Waals surface area contributed by atoms with E-state index in [0.717, 1.165) is 18.0 Å². The Morgan fingerprint density at radius 2 is 2.41 bits per heavy atom. The predicted molar refractivity (Wildman–Crippen MR) is 62.8 cm³/mol. The van der Waals surface area contributed by atoms with Gasteiger partial charge in [-0.15, -0.1) is 0 Å². The normalized spacial score (nSPS) is 20.4. The Morgan fingerprint density at radius 3 is 3.29 bits per heavy atom. The van der Waals surface area contributed by atoms with Crippen molar-refractivity contribution in [2.45, 2.75) is 6.10 Å². The minimum absolute atomic E-state index is 0.345. The van der Waals surface area contributed by atoms with Gasteiger partial charge in [-0.05, 0) is 12.1 Å². The second-order valence-corrected chi connectivity index (χ2v) is 3.97. The number of fused-ring (bicyclic) bond motifs is 1. The first-order valence-electron chi connectivity index (χ1n) is 5.57. The molecule has 0 aromatic carbocycles. The molecule has 0 radical (unpaired) electrons. The number of hydrogen-bond donors (Lipinski definition) is 0. The summed E-state index contributed by atoms with van der Waals surface area (Å²) in [6.07, 6.45) is 3.37. The summed E-state index contributed by atoms with van der Waals surface area (Å²) in [7, 11) is 0. The molecule has 1 aliphatic rings. The van der Waals surface area contributed by atoms with Crippen molar-refractivity contribution in [2.24, 2.45) is 0 Å². The van der Waals surface area contributed by atoms with Crippen LogP contribution in [0.4, 0.5) is 5.82 Å². The van der Waals surface area contributed by atoms with Crippen molar-refractivity contribution in [3.8, 4) is 6.07 Å². The highest BCUT2D eigenvalue weighted by molar-refractivity contribution is 5.51. The average Bonchev–Trinajstić information content (AvgIpc) is 2.87. The molecule has 1 fully saturated rings. The maximum atomic E-state index is 8.91. The molecule has 2 aromatic rings. The molecule has 5 nitrogen and oxygen atoms in total. The van der Waals surface area contributed by atoms with Gasteiger partial charge in [-0.2, -0.15) is 5.26 Å². The SMILES string of the molecule is N#CC1CN(c2cccc3nccn23)CCO1. The highest BCUT2D eigenvalue weighted by atomic mass is 16.5. The first-order chi connectivity index (χ1) is 8.38. The quantitative estimate of drug-likeness (QED) is 0.732. The number of nitriles is 1. The van der Waals surface area contributed by atoms with Crippen LogP contribution in [0.15, 0.2) is 30.6 Å². The first-order valence-corrected chi connectivity index (χ1v) is 5.57. The molecule has 0 amide bonds. The van der Waals surface area contributed by atoms with E-state index in [1.807, 2.05) is 28.8 Å². The van der Waals surface area contributed by atoms with Crippen LogP contribution in [0.1, 0.15) is 0 Å². The van der Waals surface area contributed by atoms with Gasteiger partial charge in [0.2, 0.25) is 0 Å². The number of anilines is 1. The topological polar surface area (TPSA) is 53.6 Å². The van der Waals surface area contributed by atoms with Gasteiger partial charge in [-0.3, -0.25) is 4.40 Å². The lowest BCUT2D eigenvalue weighted by atomic mass is 10.3. The Morgan fingerprint density at radius 1 is 1.47 bits per heavy atom. The highest BCUT2D eigenvalue weighted by Crippen LogP contribution is 2.19. The molecule has 0 saturated carbocycles. The molecular formula is C12H12N4O. The number of morpholine rings is 1. The van der Waals surface area contributed by atoms with Crippen LogP contribution in [-0.4, -0.2) is 35.2 Å². The molecule has 3 rings (SSSR count). The van der Waals surface area contributed by atoms with Gasteiger partial charge in [0.25, 0.3) is 0 Å². The fraction of sp³-hybridized carbons (Fsp3) is 0.333. The summed E-state index contributed by atoms with van der Waals surface area (Å²) in [5.41, 5.74) is 0.919. The van der Waals surface area contributed by atoms with Crippen molar-refractivity contribution in [2.75, 3.05) is 24.6 Å². The first kappa shape index (κ1) is 10.1. The average molecular weight is 228 g/mol. The standard InChI is InChI=1S/C12H12N4O/c13-8-10-9-15(6-7-17-10)12-3-1-2-11-14-4-5-16(11)12/h1-5,10H,6-7,9H2. The van der Waals surface area contributed by atoms with Crippen molar-refractivity contribution in [3.05, 3.63) is 30.6 Å². The highest BCUT2D eigenvalue weighted by Gasteiger charge is 2.21. The zero-order valence-corrected chi connectivity index (χ0v) is 9.28. The van der Waals surface area contributed by atoms with Crippen LogP contribution in [0, 0.1) is 11.3 Å². The van der Waals surface area contributed by atoms with Crippen LogP contribution in [0.25, 0.3) is 5.65 Å². The second kappa shape index (κ2) is 4.07. The number of rotatable bonds is 1. The Balaban J connectivity index is 1.98. The van der Waals surface area contributed by atoms with Crippen LogP contribution in [0.2, 0.25) is 0 Å². The number of nitrogens with zero attached hydrogens (tertiary/aromatic N) is 4. The fourth-order valence-electron chi connectivity index (χ4n) is 2.13. The summed E-state index contributed by atoms with van der Waals surface area (Å²) >= 11 is 0. The molecular weight excluding hydrogens is 216 g/mol. The van der Waals surface area contributed by atoms with Crippen LogP contribution in [0.3, 0.4) is 0 Å². The summed E-state index contributed by atoms with van der Waals surface area (Å²) in [5, 5.41) is 8.91. The molecule has 1 saturated heterocycles. The Bertz CT molecular complexity index is 571. The summed E-state index contributed by atoms with van der Waals surface area (Å²) in [6, 6.07) is 8.14. The van der Waals surface area contributed by atoms with E-state index in [4.69, 9.17) is 10.00 Å². The number of aromatic nitrogens is 2. The molecule has 5 heteroatoms. The van der Waals surface area contributed by atoms with Crippen molar-refractivity contribution in [3.63, 3.8) is 0 Å². The lowest BCUT2D eigenvalue weighted by molar-refractivity contribution is 0.0761. The fourth-order valence-corrected chi connectivity index (χ4v) is 2.13. The summed E-state index contributed by atoms with van der Waals surface area (Å²) in [5.74, 6) is 1.06. The third-order valence-corrected chi connectivity index (χ3v) is 2.94. The molecule has 3 heterocycles. The minimum Gasteiger partial charge on any atom is -0.360 e. The molecule has 0 spiro atoms. The maximum absolute atomic E-state index is 8.91. The Hall–Kier alpha value is -2.06. The maximum Gasteiger partial charge on any atom is 0.161 e. The minimum atomic E-state index is -0.345. The lowest BCUT2D eigenvalue weighted by Crippen LogP contribution is -2.42. The van der Waals surface area contributed by atoms with E-state index in [1.165, 1.54) is 0 Å². The van der Waals surface area contributed by atoms with E-state index < -0.39 is 0 Å². The molecule has 0 aliphatic carbocycles. The van der Waals surface area contributed by atoms with Gasteiger partial charge >= 0.3 is 0 Å². The molecule has 1 unspecified atom stereocenters. The van der Waals surface area contributed by atoms with Crippen molar-refractivity contribution in [1.29, 1.82) is 5.26 Å². The third kappa shape index (κ3) is 1.73. The van der Waals surface area contributed by atoms with E-state index >= 15 is 0 Å². The van der Waals surface area contributed by atoms with Gasteiger partial charge in [-0.25, -0.2) is 4.98 Å². The Kier molecular flexibility index (Phi) is 2.42. The van der Waals surface area contributed by atoms with Crippen LogP contribution in [0.5, 0.6) is 0 Å².